The second-order valence-corrected chi connectivity index (χ2v) is 7.73. The molecule has 1 fully saturated rings. The Hall–Kier alpha value is -1.66. The maximum atomic E-state index is 12.5. The largest absolute Gasteiger partial charge is 0.456 e. The molecule has 3 heterocycles. The highest BCUT2D eigenvalue weighted by molar-refractivity contribution is 7.09. The van der Waals surface area contributed by atoms with Crippen LogP contribution in [0.4, 0.5) is 0 Å². The van der Waals surface area contributed by atoms with Gasteiger partial charge in [0.25, 0.3) is 5.91 Å². The molecular weight excluding hydrogens is 312 g/mol. The highest BCUT2D eigenvalue weighted by atomic mass is 32.1. The van der Waals surface area contributed by atoms with Gasteiger partial charge >= 0.3 is 0 Å². The van der Waals surface area contributed by atoms with Gasteiger partial charge < -0.3 is 14.1 Å². The van der Waals surface area contributed by atoms with Crippen molar-refractivity contribution in [2.45, 2.75) is 39.2 Å². The summed E-state index contributed by atoms with van der Waals surface area (Å²) in [7, 11) is 0. The van der Waals surface area contributed by atoms with Crippen LogP contribution in [-0.2, 0) is 10.2 Å². The fraction of sp³-hybridized carbons (Fsp3) is 0.529. The third-order valence-electron chi connectivity index (χ3n) is 3.87. The summed E-state index contributed by atoms with van der Waals surface area (Å²) < 4.78 is 11.3. The van der Waals surface area contributed by atoms with Crippen LogP contribution in [0.5, 0.6) is 0 Å². The lowest BCUT2D eigenvalue weighted by atomic mass is 9.93. The Morgan fingerprint density at radius 2 is 2.17 bits per heavy atom. The van der Waals surface area contributed by atoms with E-state index < -0.39 is 0 Å². The Morgan fingerprint density at radius 1 is 1.39 bits per heavy atom. The Labute approximate surface area is 140 Å². The molecule has 23 heavy (non-hydrogen) atoms. The summed E-state index contributed by atoms with van der Waals surface area (Å²) in [6, 6.07) is 3.53. The molecule has 1 amide bonds. The molecule has 1 aliphatic rings. The fourth-order valence-corrected chi connectivity index (χ4v) is 3.55. The van der Waals surface area contributed by atoms with Crippen LogP contribution in [-0.4, -0.2) is 35.5 Å². The van der Waals surface area contributed by atoms with Crippen LogP contribution in [0, 0.1) is 6.92 Å². The summed E-state index contributed by atoms with van der Waals surface area (Å²) in [4.78, 5) is 19.0. The molecule has 0 N–H and O–H groups in total. The van der Waals surface area contributed by atoms with Crippen LogP contribution in [0.3, 0.4) is 0 Å². The third-order valence-corrected chi connectivity index (χ3v) is 4.81. The summed E-state index contributed by atoms with van der Waals surface area (Å²) in [5.74, 6) is 1.05. The van der Waals surface area contributed by atoms with Crippen LogP contribution in [0.1, 0.15) is 53.9 Å². The maximum absolute atomic E-state index is 12.5. The van der Waals surface area contributed by atoms with Crippen LogP contribution in [0.2, 0.25) is 0 Å². The molecule has 0 saturated carbocycles. The molecule has 3 rings (SSSR count). The molecule has 1 atom stereocenters. The first-order valence-electron chi connectivity index (χ1n) is 7.78. The smallest absolute Gasteiger partial charge is 0.289 e. The maximum Gasteiger partial charge on any atom is 0.289 e. The standard InChI is InChI=1S/C17H22N2O3S/c1-11-5-6-12(22-11)16(20)19-7-8-21-13(9-19)15-18-14(10-23-15)17(2,3)4/h5-6,10,13H,7-9H2,1-4H3/t13-/m0/s1. The number of aryl methyl sites for hydroxylation is 1. The Balaban J connectivity index is 1.73. The van der Waals surface area contributed by atoms with Crippen molar-refractivity contribution in [2.75, 3.05) is 19.7 Å². The molecule has 2 aromatic heterocycles. The SMILES string of the molecule is Cc1ccc(C(=O)N2CCO[C@H](c3nc(C(C)(C)C)cs3)C2)o1. The number of thiazole rings is 1. The lowest BCUT2D eigenvalue weighted by Gasteiger charge is -2.31. The quantitative estimate of drug-likeness (QED) is 0.843. The van der Waals surface area contributed by atoms with Gasteiger partial charge in [0.15, 0.2) is 5.76 Å². The van der Waals surface area contributed by atoms with Gasteiger partial charge in [-0.1, -0.05) is 20.8 Å². The van der Waals surface area contributed by atoms with Crippen molar-refractivity contribution >= 4 is 17.2 Å². The summed E-state index contributed by atoms with van der Waals surface area (Å²) in [6.07, 6.45) is -0.162. The molecule has 0 aliphatic carbocycles. The number of aromatic nitrogens is 1. The van der Waals surface area contributed by atoms with Crippen LogP contribution < -0.4 is 0 Å². The molecule has 5 nitrogen and oxygen atoms in total. The number of amides is 1. The van der Waals surface area contributed by atoms with Crippen molar-refractivity contribution in [1.29, 1.82) is 0 Å². The van der Waals surface area contributed by atoms with Gasteiger partial charge in [0, 0.05) is 17.3 Å². The second kappa shape index (κ2) is 6.09. The van der Waals surface area contributed by atoms with Crippen molar-refractivity contribution in [1.82, 2.24) is 9.88 Å². The van der Waals surface area contributed by atoms with Gasteiger partial charge in [-0.3, -0.25) is 4.79 Å². The predicted octanol–water partition coefficient (Wildman–Crippen LogP) is 3.56. The first-order chi connectivity index (χ1) is 10.8. The molecule has 0 radical (unpaired) electrons. The van der Waals surface area contributed by atoms with Crippen molar-refractivity contribution in [2.24, 2.45) is 0 Å². The topological polar surface area (TPSA) is 55.6 Å². The fourth-order valence-electron chi connectivity index (χ4n) is 2.47. The summed E-state index contributed by atoms with van der Waals surface area (Å²) in [6.45, 7) is 9.86. The van der Waals surface area contributed by atoms with Gasteiger partial charge in [-0.15, -0.1) is 11.3 Å². The number of hydrogen-bond acceptors (Lipinski definition) is 5. The summed E-state index contributed by atoms with van der Waals surface area (Å²) in [5, 5.41) is 3.01. The van der Waals surface area contributed by atoms with Crippen LogP contribution in [0.25, 0.3) is 0 Å². The average molecular weight is 334 g/mol. The number of rotatable bonds is 2. The van der Waals surface area contributed by atoms with E-state index in [1.165, 1.54) is 0 Å². The molecule has 2 aromatic rings. The Kier molecular flexibility index (Phi) is 4.29. The molecular formula is C17H22N2O3S. The zero-order valence-electron chi connectivity index (χ0n) is 14.0. The number of carbonyl (C=O) groups excluding carboxylic acids is 1. The zero-order valence-corrected chi connectivity index (χ0v) is 14.8. The molecule has 1 aliphatic heterocycles. The van der Waals surface area contributed by atoms with E-state index in [-0.39, 0.29) is 17.4 Å². The minimum Gasteiger partial charge on any atom is -0.456 e. The number of carbonyl (C=O) groups is 1. The number of furan rings is 1. The molecule has 0 bridgehead atoms. The number of morpholine rings is 1. The Bertz CT molecular complexity index is 699. The van der Waals surface area contributed by atoms with E-state index in [9.17, 15) is 4.79 Å². The molecule has 0 unspecified atom stereocenters. The van der Waals surface area contributed by atoms with Crippen molar-refractivity contribution in [3.8, 4) is 0 Å². The molecule has 0 spiro atoms. The van der Waals surface area contributed by atoms with Gasteiger partial charge in [-0.2, -0.15) is 0 Å². The van der Waals surface area contributed by atoms with Crippen molar-refractivity contribution in [3.05, 3.63) is 39.7 Å². The van der Waals surface area contributed by atoms with Gasteiger partial charge in [0.2, 0.25) is 0 Å². The lowest BCUT2D eigenvalue weighted by Crippen LogP contribution is -2.42. The van der Waals surface area contributed by atoms with Gasteiger partial charge in [0.05, 0.1) is 18.8 Å². The van der Waals surface area contributed by atoms with Gasteiger partial charge in [-0.25, -0.2) is 4.98 Å². The van der Waals surface area contributed by atoms with Crippen molar-refractivity contribution in [3.63, 3.8) is 0 Å². The minimum absolute atomic E-state index is 0.0185. The van der Waals surface area contributed by atoms with Crippen LogP contribution >= 0.6 is 11.3 Å². The number of ether oxygens (including phenoxy) is 1. The molecule has 6 heteroatoms. The third kappa shape index (κ3) is 3.48. The van der Waals surface area contributed by atoms with Gasteiger partial charge in [0.1, 0.15) is 16.9 Å². The predicted molar refractivity (Wildman–Crippen MR) is 88.9 cm³/mol. The highest BCUT2D eigenvalue weighted by Gasteiger charge is 2.30. The summed E-state index contributed by atoms with van der Waals surface area (Å²) in [5.41, 5.74) is 1.08. The van der Waals surface area contributed by atoms with E-state index >= 15 is 0 Å². The van der Waals surface area contributed by atoms with Crippen molar-refractivity contribution < 1.29 is 13.9 Å². The first kappa shape index (κ1) is 16.2. The molecule has 1 saturated heterocycles. The number of nitrogens with zero attached hydrogens (tertiary/aromatic N) is 2. The minimum atomic E-state index is -0.162. The van der Waals surface area contributed by atoms with Gasteiger partial charge in [-0.05, 0) is 19.1 Å². The second-order valence-electron chi connectivity index (χ2n) is 6.84. The Morgan fingerprint density at radius 3 is 2.78 bits per heavy atom. The monoisotopic (exact) mass is 334 g/mol. The summed E-state index contributed by atoms with van der Waals surface area (Å²) >= 11 is 1.60. The normalized spacial score (nSPS) is 19.1. The average Bonchev–Trinajstić information content (AvgIpc) is 3.15. The van der Waals surface area contributed by atoms with E-state index in [1.807, 2.05) is 13.0 Å². The lowest BCUT2D eigenvalue weighted by molar-refractivity contribution is -0.0239. The zero-order chi connectivity index (χ0) is 16.6. The molecule has 0 aromatic carbocycles. The van der Waals surface area contributed by atoms with E-state index in [0.717, 1.165) is 16.5 Å². The first-order valence-corrected chi connectivity index (χ1v) is 8.66. The van der Waals surface area contributed by atoms with E-state index in [0.29, 0.717) is 25.5 Å². The van der Waals surface area contributed by atoms with E-state index in [1.54, 1.807) is 22.3 Å². The van der Waals surface area contributed by atoms with E-state index in [4.69, 9.17) is 14.1 Å². The number of hydrogen-bond donors (Lipinski definition) is 0. The molecule has 124 valence electrons. The van der Waals surface area contributed by atoms with Crippen LogP contribution in [0.15, 0.2) is 21.9 Å². The highest BCUT2D eigenvalue weighted by Crippen LogP contribution is 2.30. The van der Waals surface area contributed by atoms with E-state index in [2.05, 4.69) is 26.2 Å².